The number of nitrogens with one attached hydrogen (secondary N) is 1. The van der Waals surface area contributed by atoms with Gasteiger partial charge in [0.25, 0.3) is 0 Å². The fraction of sp³-hybridized carbons (Fsp3) is 0.176. The zero-order chi connectivity index (χ0) is 15.5. The summed E-state index contributed by atoms with van der Waals surface area (Å²) in [6.45, 7) is 0. The van der Waals surface area contributed by atoms with Crippen molar-refractivity contribution < 1.29 is 4.39 Å². The predicted octanol–water partition coefficient (Wildman–Crippen LogP) is 3.48. The Balaban J connectivity index is 1.98. The standard InChI is InChI=1S/C17H16FN3S/c1-19-17(22)21-16(13-9-5-6-10-14(13)18)11-15(20-21)12-7-3-2-4-8-12/h2-10,16H,11H2,1H3,(H,19,22)/t16-/m0/s1. The number of hydrogen-bond donors (Lipinski definition) is 1. The minimum atomic E-state index is -0.235. The van der Waals surface area contributed by atoms with Crippen molar-refractivity contribution in [1.82, 2.24) is 10.3 Å². The lowest BCUT2D eigenvalue weighted by molar-refractivity contribution is 0.356. The maximum atomic E-state index is 14.2. The molecule has 1 heterocycles. The molecule has 2 aromatic rings. The lowest BCUT2D eigenvalue weighted by atomic mass is 9.98. The molecule has 0 aliphatic carbocycles. The van der Waals surface area contributed by atoms with Crippen LogP contribution in [0.5, 0.6) is 0 Å². The van der Waals surface area contributed by atoms with Crippen LogP contribution < -0.4 is 5.32 Å². The first-order valence-electron chi connectivity index (χ1n) is 7.09. The molecule has 3 nitrogen and oxygen atoms in total. The minimum Gasteiger partial charge on any atom is -0.364 e. The molecule has 1 atom stereocenters. The van der Waals surface area contributed by atoms with Gasteiger partial charge in [0.05, 0.1) is 11.8 Å². The van der Waals surface area contributed by atoms with Crippen LogP contribution in [0.15, 0.2) is 59.7 Å². The second kappa shape index (κ2) is 6.23. The Morgan fingerprint density at radius 1 is 1.18 bits per heavy atom. The SMILES string of the molecule is CNC(=S)N1N=C(c2ccccc2)C[C@H]1c1ccccc1F. The number of halogens is 1. The second-order valence-corrected chi connectivity index (χ2v) is 5.44. The van der Waals surface area contributed by atoms with Gasteiger partial charge < -0.3 is 5.32 Å². The Kier molecular flexibility index (Phi) is 4.15. The molecule has 0 saturated heterocycles. The molecular weight excluding hydrogens is 297 g/mol. The summed E-state index contributed by atoms with van der Waals surface area (Å²) in [4.78, 5) is 0. The molecule has 3 rings (SSSR count). The third-order valence-electron chi connectivity index (χ3n) is 3.70. The predicted molar refractivity (Wildman–Crippen MR) is 90.2 cm³/mol. The van der Waals surface area contributed by atoms with Crippen LogP contribution in [0.4, 0.5) is 4.39 Å². The average molecular weight is 313 g/mol. The summed E-state index contributed by atoms with van der Waals surface area (Å²) in [5.74, 6) is -0.235. The van der Waals surface area contributed by atoms with Crippen LogP contribution in [-0.2, 0) is 0 Å². The third-order valence-corrected chi connectivity index (χ3v) is 4.09. The maximum absolute atomic E-state index is 14.2. The van der Waals surface area contributed by atoms with E-state index in [9.17, 15) is 4.39 Å². The molecule has 0 amide bonds. The Morgan fingerprint density at radius 2 is 1.86 bits per heavy atom. The number of rotatable bonds is 2. The van der Waals surface area contributed by atoms with Gasteiger partial charge in [-0.1, -0.05) is 48.5 Å². The molecule has 1 N–H and O–H groups in total. The van der Waals surface area contributed by atoms with Crippen LogP contribution in [0.2, 0.25) is 0 Å². The van der Waals surface area contributed by atoms with Gasteiger partial charge >= 0.3 is 0 Å². The van der Waals surface area contributed by atoms with Gasteiger partial charge in [-0.15, -0.1) is 0 Å². The van der Waals surface area contributed by atoms with Crippen molar-refractivity contribution in [1.29, 1.82) is 0 Å². The van der Waals surface area contributed by atoms with Crippen LogP contribution in [-0.4, -0.2) is 22.9 Å². The summed E-state index contributed by atoms with van der Waals surface area (Å²) in [5, 5.41) is 9.71. The van der Waals surface area contributed by atoms with Crippen LogP contribution in [0.3, 0.4) is 0 Å². The molecule has 112 valence electrons. The molecule has 22 heavy (non-hydrogen) atoms. The van der Waals surface area contributed by atoms with E-state index < -0.39 is 0 Å². The zero-order valence-corrected chi connectivity index (χ0v) is 13.0. The van der Waals surface area contributed by atoms with Crippen molar-refractivity contribution in [2.45, 2.75) is 12.5 Å². The van der Waals surface area contributed by atoms with E-state index in [0.29, 0.717) is 17.1 Å². The first-order chi connectivity index (χ1) is 10.7. The van der Waals surface area contributed by atoms with Crippen molar-refractivity contribution in [2.24, 2.45) is 5.10 Å². The number of benzene rings is 2. The molecule has 0 unspecified atom stereocenters. The Morgan fingerprint density at radius 3 is 2.55 bits per heavy atom. The molecular formula is C17H16FN3S. The van der Waals surface area contributed by atoms with E-state index in [1.54, 1.807) is 24.2 Å². The number of thiocarbonyl (C=S) groups is 1. The van der Waals surface area contributed by atoms with Crippen molar-refractivity contribution in [3.8, 4) is 0 Å². The highest BCUT2D eigenvalue weighted by Gasteiger charge is 2.32. The van der Waals surface area contributed by atoms with Crippen molar-refractivity contribution in [2.75, 3.05) is 7.05 Å². The molecule has 5 heteroatoms. The normalized spacial score (nSPS) is 17.3. The van der Waals surface area contributed by atoms with E-state index in [1.165, 1.54) is 6.07 Å². The van der Waals surface area contributed by atoms with Gasteiger partial charge in [0.15, 0.2) is 5.11 Å². The van der Waals surface area contributed by atoms with Gasteiger partial charge in [0.2, 0.25) is 0 Å². The number of hydrazone groups is 1. The van der Waals surface area contributed by atoms with Gasteiger partial charge in [0, 0.05) is 19.0 Å². The summed E-state index contributed by atoms with van der Waals surface area (Å²) in [6.07, 6.45) is 0.618. The summed E-state index contributed by atoms with van der Waals surface area (Å²) in [7, 11) is 1.75. The summed E-state index contributed by atoms with van der Waals surface area (Å²) in [6, 6.07) is 16.5. The van der Waals surface area contributed by atoms with Gasteiger partial charge in [-0.2, -0.15) is 5.10 Å². The summed E-state index contributed by atoms with van der Waals surface area (Å²) in [5.41, 5.74) is 2.55. The molecule has 0 saturated carbocycles. The Bertz CT molecular complexity index is 715. The highest BCUT2D eigenvalue weighted by molar-refractivity contribution is 7.80. The molecule has 0 aromatic heterocycles. The second-order valence-electron chi connectivity index (χ2n) is 5.05. The lowest BCUT2D eigenvalue weighted by Gasteiger charge is -2.24. The summed E-state index contributed by atoms with van der Waals surface area (Å²) < 4.78 is 14.2. The van der Waals surface area contributed by atoms with Crippen molar-refractivity contribution in [3.63, 3.8) is 0 Å². The van der Waals surface area contributed by atoms with E-state index in [0.717, 1.165) is 11.3 Å². The van der Waals surface area contributed by atoms with E-state index in [-0.39, 0.29) is 11.9 Å². The monoisotopic (exact) mass is 313 g/mol. The van der Waals surface area contributed by atoms with E-state index in [4.69, 9.17) is 12.2 Å². The molecule has 0 radical (unpaired) electrons. The van der Waals surface area contributed by atoms with E-state index >= 15 is 0 Å². The molecule has 2 aromatic carbocycles. The first kappa shape index (κ1) is 14.7. The van der Waals surface area contributed by atoms with Crippen molar-refractivity contribution >= 4 is 23.0 Å². The van der Waals surface area contributed by atoms with Gasteiger partial charge in [-0.3, -0.25) is 0 Å². The van der Waals surface area contributed by atoms with Crippen LogP contribution in [0, 0.1) is 5.82 Å². The van der Waals surface area contributed by atoms with Crippen LogP contribution in [0.25, 0.3) is 0 Å². The average Bonchev–Trinajstić information content (AvgIpc) is 3.00. The zero-order valence-electron chi connectivity index (χ0n) is 12.2. The maximum Gasteiger partial charge on any atom is 0.189 e. The summed E-state index contributed by atoms with van der Waals surface area (Å²) >= 11 is 5.32. The number of nitrogens with zero attached hydrogens (tertiary/aromatic N) is 2. The highest BCUT2D eigenvalue weighted by Crippen LogP contribution is 2.33. The molecule has 1 aliphatic rings. The van der Waals surface area contributed by atoms with Gasteiger partial charge in [-0.05, 0) is 23.8 Å². The van der Waals surface area contributed by atoms with Crippen LogP contribution in [0.1, 0.15) is 23.6 Å². The fourth-order valence-electron chi connectivity index (χ4n) is 2.60. The lowest BCUT2D eigenvalue weighted by Crippen LogP contribution is -2.34. The van der Waals surface area contributed by atoms with Crippen LogP contribution >= 0.6 is 12.2 Å². The molecule has 0 fully saturated rings. The Labute approximate surface area is 134 Å². The van der Waals surface area contributed by atoms with E-state index in [2.05, 4.69) is 10.4 Å². The van der Waals surface area contributed by atoms with Gasteiger partial charge in [0.1, 0.15) is 5.82 Å². The van der Waals surface area contributed by atoms with Crippen molar-refractivity contribution in [3.05, 3.63) is 71.5 Å². The molecule has 0 spiro atoms. The fourth-order valence-corrected chi connectivity index (χ4v) is 2.77. The number of hydrogen-bond acceptors (Lipinski definition) is 2. The van der Waals surface area contributed by atoms with Gasteiger partial charge in [-0.25, -0.2) is 9.40 Å². The topological polar surface area (TPSA) is 27.6 Å². The quantitative estimate of drug-likeness (QED) is 0.860. The van der Waals surface area contributed by atoms with E-state index in [1.807, 2.05) is 36.4 Å². The minimum absolute atomic E-state index is 0.226. The highest BCUT2D eigenvalue weighted by atomic mass is 32.1. The molecule has 1 aliphatic heterocycles. The smallest absolute Gasteiger partial charge is 0.189 e. The third kappa shape index (κ3) is 2.72. The molecule has 0 bridgehead atoms. The first-order valence-corrected chi connectivity index (χ1v) is 7.50. The Hall–Kier alpha value is -2.27. The largest absolute Gasteiger partial charge is 0.364 e.